The largest absolute Gasteiger partial charge is 0.493 e. The summed E-state index contributed by atoms with van der Waals surface area (Å²) in [5.41, 5.74) is 2.41. The summed E-state index contributed by atoms with van der Waals surface area (Å²) in [7, 11) is 1.68. The van der Waals surface area contributed by atoms with Crippen molar-refractivity contribution in [2.75, 3.05) is 13.7 Å². The molecule has 3 rings (SSSR count). The van der Waals surface area contributed by atoms with Crippen LogP contribution in [-0.2, 0) is 6.54 Å². The number of rotatable bonds is 6. The van der Waals surface area contributed by atoms with Gasteiger partial charge in [-0.15, -0.1) is 0 Å². The van der Waals surface area contributed by atoms with E-state index in [4.69, 9.17) is 14.2 Å². The van der Waals surface area contributed by atoms with E-state index in [-0.39, 0.29) is 6.10 Å². The molecule has 0 spiro atoms. The Bertz CT molecular complexity index is 684. The number of ether oxygens (including phenoxy) is 3. The normalized spacial score (nSPS) is 16.4. The standard InChI is InChI=1S/C20H25NO3/c1-14(2)24-19-9-8-15(12-20(19)22-3)13-21-17-10-11-23-18-7-5-4-6-16(17)18/h4-9,12,14,17,21H,10-11,13H2,1-3H3/t17-/m1/s1. The SMILES string of the molecule is COc1cc(CN[C@@H]2CCOc3ccccc32)ccc1OC(C)C. The van der Waals surface area contributed by atoms with E-state index in [2.05, 4.69) is 23.5 Å². The highest BCUT2D eigenvalue weighted by Crippen LogP contribution is 2.32. The molecule has 1 atom stereocenters. The monoisotopic (exact) mass is 327 g/mol. The van der Waals surface area contributed by atoms with Crippen LogP contribution in [0, 0.1) is 0 Å². The molecule has 1 aliphatic heterocycles. The topological polar surface area (TPSA) is 39.7 Å². The average Bonchev–Trinajstić information content (AvgIpc) is 2.60. The Hall–Kier alpha value is -2.20. The van der Waals surface area contributed by atoms with E-state index in [9.17, 15) is 0 Å². The van der Waals surface area contributed by atoms with Crippen molar-refractivity contribution in [1.82, 2.24) is 5.32 Å². The molecule has 0 radical (unpaired) electrons. The highest BCUT2D eigenvalue weighted by atomic mass is 16.5. The molecule has 0 saturated carbocycles. The van der Waals surface area contributed by atoms with E-state index in [0.29, 0.717) is 6.04 Å². The van der Waals surface area contributed by atoms with Crippen LogP contribution in [0.5, 0.6) is 17.2 Å². The van der Waals surface area contributed by atoms with Crippen molar-refractivity contribution in [3.63, 3.8) is 0 Å². The maximum absolute atomic E-state index is 5.77. The number of fused-ring (bicyclic) bond motifs is 1. The van der Waals surface area contributed by atoms with Crippen LogP contribution in [0.1, 0.15) is 37.4 Å². The van der Waals surface area contributed by atoms with Crippen LogP contribution < -0.4 is 19.5 Å². The van der Waals surface area contributed by atoms with Crippen LogP contribution in [0.3, 0.4) is 0 Å². The predicted molar refractivity (Wildman–Crippen MR) is 94.9 cm³/mol. The molecular formula is C20H25NO3. The second kappa shape index (κ2) is 7.58. The van der Waals surface area contributed by atoms with E-state index in [1.165, 1.54) is 11.1 Å². The van der Waals surface area contributed by atoms with Gasteiger partial charge < -0.3 is 19.5 Å². The number of hydrogen-bond donors (Lipinski definition) is 1. The van der Waals surface area contributed by atoms with Gasteiger partial charge in [0.2, 0.25) is 0 Å². The minimum atomic E-state index is 0.126. The first-order valence-electron chi connectivity index (χ1n) is 8.46. The van der Waals surface area contributed by atoms with Crippen molar-refractivity contribution < 1.29 is 14.2 Å². The van der Waals surface area contributed by atoms with E-state index < -0.39 is 0 Å². The van der Waals surface area contributed by atoms with Crippen LogP contribution in [0.2, 0.25) is 0 Å². The summed E-state index contributed by atoms with van der Waals surface area (Å²) in [4.78, 5) is 0. The van der Waals surface area contributed by atoms with Crippen molar-refractivity contribution in [3.8, 4) is 17.2 Å². The van der Waals surface area contributed by atoms with Gasteiger partial charge in [-0.2, -0.15) is 0 Å². The highest BCUT2D eigenvalue weighted by Gasteiger charge is 2.20. The molecule has 2 aromatic carbocycles. The first-order chi connectivity index (χ1) is 11.7. The van der Waals surface area contributed by atoms with Gasteiger partial charge in [0.05, 0.1) is 19.8 Å². The van der Waals surface area contributed by atoms with Crippen LogP contribution in [0.25, 0.3) is 0 Å². The van der Waals surface area contributed by atoms with Crippen molar-refractivity contribution in [3.05, 3.63) is 53.6 Å². The molecule has 0 saturated heterocycles. The minimum Gasteiger partial charge on any atom is -0.493 e. The highest BCUT2D eigenvalue weighted by molar-refractivity contribution is 5.43. The maximum atomic E-state index is 5.77. The average molecular weight is 327 g/mol. The lowest BCUT2D eigenvalue weighted by atomic mass is 10.0. The lowest BCUT2D eigenvalue weighted by Gasteiger charge is -2.27. The van der Waals surface area contributed by atoms with Crippen molar-refractivity contribution >= 4 is 0 Å². The molecule has 24 heavy (non-hydrogen) atoms. The van der Waals surface area contributed by atoms with Crippen molar-refractivity contribution in [2.45, 2.75) is 39.0 Å². The fraction of sp³-hybridized carbons (Fsp3) is 0.400. The zero-order valence-corrected chi connectivity index (χ0v) is 14.5. The van der Waals surface area contributed by atoms with Gasteiger partial charge in [0.1, 0.15) is 5.75 Å². The number of para-hydroxylation sites is 1. The summed E-state index contributed by atoms with van der Waals surface area (Å²) >= 11 is 0. The van der Waals surface area contributed by atoms with Crippen LogP contribution in [0.4, 0.5) is 0 Å². The smallest absolute Gasteiger partial charge is 0.161 e. The van der Waals surface area contributed by atoms with Gasteiger partial charge in [0.25, 0.3) is 0 Å². The van der Waals surface area contributed by atoms with Crippen LogP contribution >= 0.6 is 0 Å². The molecule has 0 bridgehead atoms. The number of nitrogens with one attached hydrogen (secondary N) is 1. The molecule has 0 fully saturated rings. The van der Waals surface area contributed by atoms with Gasteiger partial charge in [-0.05, 0) is 37.6 Å². The summed E-state index contributed by atoms with van der Waals surface area (Å²) in [6, 6.07) is 14.6. The van der Waals surface area contributed by atoms with E-state index in [1.807, 2.05) is 38.1 Å². The fourth-order valence-corrected chi connectivity index (χ4v) is 2.97. The molecule has 1 N–H and O–H groups in total. The second-order valence-corrected chi connectivity index (χ2v) is 6.26. The Morgan fingerprint density at radius 3 is 2.79 bits per heavy atom. The zero-order valence-electron chi connectivity index (χ0n) is 14.5. The summed E-state index contributed by atoms with van der Waals surface area (Å²) in [6.45, 7) is 5.55. The first kappa shape index (κ1) is 16.7. The maximum Gasteiger partial charge on any atom is 0.161 e. The van der Waals surface area contributed by atoms with Gasteiger partial charge in [0.15, 0.2) is 11.5 Å². The number of methoxy groups -OCH3 is 1. The molecule has 1 heterocycles. The molecule has 2 aromatic rings. The van der Waals surface area contributed by atoms with E-state index in [1.54, 1.807) is 7.11 Å². The Kier molecular flexibility index (Phi) is 5.26. The van der Waals surface area contributed by atoms with E-state index >= 15 is 0 Å². The number of benzene rings is 2. The fourth-order valence-electron chi connectivity index (χ4n) is 2.97. The minimum absolute atomic E-state index is 0.126. The third kappa shape index (κ3) is 3.82. The summed E-state index contributed by atoms with van der Waals surface area (Å²) < 4.78 is 17.0. The van der Waals surface area contributed by atoms with Crippen LogP contribution in [0.15, 0.2) is 42.5 Å². The lowest BCUT2D eigenvalue weighted by Crippen LogP contribution is -2.26. The summed E-state index contributed by atoms with van der Waals surface area (Å²) in [5.74, 6) is 2.54. The van der Waals surface area contributed by atoms with Gasteiger partial charge in [-0.3, -0.25) is 0 Å². The van der Waals surface area contributed by atoms with Gasteiger partial charge in [-0.1, -0.05) is 24.3 Å². The van der Waals surface area contributed by atoms with Gasteiger partial charge >= 0.3 is 0 Å². The quantitative estimate of drug-likeness (QED) is 0.867. The third-order valence-corrected chi connectivity index (χ3v) is 4.10. The lowest BCUT2D eigenvalue weighted by molar-refractivity contribution is 0.230. The Morgan fingerprint density at radius 2 is 2.00 bits per heavy atom. The van der Waals surface area contributed by atoms with Crippen LogP contribution in [-0.4, -0.2) is 19.8 Å². The Balaban J connectivity index is 1.69. The van der Waals surface area contributed by atoms with Gasteiger partial charge in [-0.25, -0.2) is 0 Å². The molecule has 128 valence electrons. The first-order valence-corrected chi connectivity index (χ1v) is 8.46. The number of hydrogen-bond acceptors (Lipinski definition) is 4. The molecule has 0 amide bonds. The molecule has 0 aromatic heterocycles. The Labute approximate surface area is 143 Å². The summed E-state index contributed by atoms with van der Waals surface area (Å²) in [5, 5.41) is 3.63. The van der Waals surface area contributed by atoms with Gasteiger partial charge in [0, 0.05) is 24.6 Å². The predicted octanol–water partition coefficient (Wildman–Crippen LogP) is 4.10. The summed E-state index contributed by atoms with van der Waals surface area (Å²) in [6.07, 6.45) is 1.10. The Morgan fingerprint density at radius 1 is 1.17 bits per heavy atom. The molecular weight excluding hydrogens is 302 g/mol. The third-order valence-electron chi connectivity index (χ3n) is 4.10. The molecule has 0 aliphatic carbocycles. The second-order valence-electron chi connectivity index (χ2n) is 6.26. The van der Waals surface area contributed by atoms with E-state index in [0.717, 1.165) is 36.8 Å². The molecule has 1 aliphatic rings. The zero-order chi connectivity index (χ0) is 16.9. The molecule has 4 heteroatoms. The molecule has 0 unspecified atom stereocenters. The van der Waals surface area contributed by atoms with Crippen molar-refractivity contribution in [1.29, 1.82) is 0 Å². The molecule has 4 nitrogen and oxygen atoms in total. The van der Waals surface area contributed by atoms with Crippen molar-refractivity contribution in [2.24, 2.45) is 0 Å².